The molecule has 1 fully saturated rings. The lowest BCUT2D eigenvalue weighted by molar-refractivity contribution is -0.140. The second-order valence-corrected chi connectivity index (χ2v) is 10.7. The number of halogens is 1. The van der Waals surface area contributed by atoms with E-state index < -0.39 is 11.7 Å². The van der Waals surface area contributed by atoms with E-state index in [9.17, 15) is 24.2 Å². The van der Waals surface area contributed by atoms with Gasteiger partial charge in [-0.3, -0.25) is 9.59 Å². The van der Waals surface area contributed by atoms with Crippen molar-refractivity contribution in [2.24, 2.45) is 5.92 Å². The van der Waals surface area contributed by atoms with E-state index in [1.54, 1.807) is 0 Å². The van der Waals surface area contributed by atoms with E-state index in [0.717, 1.165) is 44.9 Å². The van der Waals surface area contributed by atoms with Gasteiger partial charge in [-0.2, -0.15) is 11.8 Å². The normalized spacial score (nSPS) is 21.6. The smallest absolute Gasteiger partial charge is 0.305 e. The molecule has 1 aromatic carbocycles. The predicted molar refractivity (Wildman–Crippen MR) is 136 cm³/mol. The lowest BCUT2D eigenvalue weighted by Gasteiger charge is -2.31. The van der Waals surface area contributed by atoms with Gasteiger partial charge in [0, 0.05) is 29.8 Å². The van der Waals surface area contributed by atoms with Crippen molar-refractivity contribution < 1.29 is 33.7 Å². The highest BCUT2D eigenvalue weighted by atomic mass is 32.2. The molecule has 6 nitrogen and oxygen atoms in total. The molecule has 2 unspecified atom stereocenters. The topological polar surface area (TPSA) is 93.1 Å². The molecular formula is C27H41FO6S. The predicted octanol–water partition coefficient (Wildman–Crippen LogP) is 5.08. The van der Waals surface area contributed by atoms with Crippen LogP contribution in [0.1, 0.15) is 77.6 Å². The Morgan fingerprint density at radius 3 is 2.54 bits per heavy atom. The maximum atomic E-state index is 13.2. The standard InChI is InChI=1S/C27H41FO6S/c1-3-4-9-16-27(32,18-34-21-14-12-20(28)13-15-21)19-35-26-22(23(29)17-24(26)30)10-7-5-6-8-11-25(31)33-2/h12-15,22,24,26,30,32H,3-11,16-19H2,1-2H3/t22-,24?,26+,27?/m0/s1. The molecule has 0 saturated heterocycles. The van der Waals surface area contributed by atoms with Crippen molar-refractivity contribution in [3.05, 3.63) is 30.1 Å². The summed E-state index contributed by atoms with van der Waals surface area (Å²) in [7, 11) is 1.39. The minimum absolute atomic E-state index is 0.0664. The van der Waals surface area contributed by atoms with Crippen LogP contribution >= 0.6 is 11.8 Å². The molecular weight excluding hydrogens is 471 g/mol. The van der Waals surface area contributed by atoms with Gasteiger partial charge in [0.25, 0.3) is 0 Å². The summed E-state index contributed by atoms with van der Waals surface area (Å²) in [5, 5.41) is 21.7. The van der Waals surface area contributed by atoms with Gasteiger partial charge in [-0.15, -0.1) is 0 Å². The van der Waals surface area contributed by atoms with Gasteiger partial charge in [-0.1, -0.05) is 45.4 Å². The van der Waals surface area contributed by atoms with Gasteiger partial charge in [-0.25, -0.2) is 4.39 Å². The molecule has 0 heterocycles. The van der Waals surface area contributed by atoms with Crippen LogP contribution in [0.4, 0.5) is 4.39 Å². The van der Waals surface area contributed by atoms with Crippen LogP contribution in [0.2, 0.25) is 0 Å². The molecule has 0 aliphatic heterocycles. The highest BCUT2D eigenvalue weighted by Gasteiger charge is 2.42. The van der Waals surface area contributed by atoms with Crippen LogP contribution in [-0.2, 0) is 14.3 Å². The maximum Gasteiger partial charge on any atom is 0.305 e. The number of hydrogen-bond acceptors (Lipinski definition) is 7. The van der Waals surface area contributed by atoms with Crippen LogP contribution in [0.15, 0.2) is 24.3 Å². The fraction of sp³-hybridized carbons (Fsp3) is 0.704. The number of carbonyl (C=O) groups excluding carboxylic acids is 2. The first kappa shape index (κ1) is 29.6. The van der Waals surface area contributed by atoms with Gasteiger partial charge in [0.05, 0.1) is 13.2 Å². The number of rotatable bonds is 17. The number of carbonyl (C=O) groups is 2. The Hall–Kier alpha value is -1.64. The fourth-order valence-electron chi connectivity index (χ4n) is 4.46. The van der Waals surface area contributed by atoms with Crippen LogP contribution in [-0.4, -0.2) is 58.4 Å². The largest absolute Gasteiger partial charge is 0.491 e. The number of benzene rings is 1. The van der Waals surface area contributed by atoms with Gasteiger partial charge in [0.1, 0.15) is 29.6 Å². The molecule has 0 bridgehead atoms. The van der Waals surface area contributed by atoms with Gasteiger partial charge < -0.3 is 19.7 Å². The zero-order chi connectivity index (χ0) is 25.7. The minimum Gasteiger partial charge on any atom is -0.491 e. The number of ether oxygens (including phenoxy) is 2. The van der Waals surface area contributed by atoms with Gasteiger partial charge in [0.2, 0.25) is 0 Å². The van der Waals surface area contributed by atoms with Crippen LogP contribution in [0.25, 0.3) is 0 Å². The van der Waals surface area contributed by atoms with Crippen molar-refractivity contribution in [2.45, 2.75) is 94.5 Å². The van der Waals surface area contributed by atoms with Gasteiger partial charge in [0.15, 0.2) is 0 Å². The number of ketones is 1. The average molecular weight is 513 g/mol. The fourth-order valence-corrected chi connectivity index (χ4v) is 6.03. The van der Waals surface area contributed by atoms with Crippen molar-refractivity contribution in [1.29, 1.82) is 0 Å². The molecule has 35 heavy (non-hydrogen) atoms. The molecule has 198 valence electrons. The lowest BCUT2D eigenvalue weighted by atomic mass is 9.97. The Kier molecular flexibility index (Phi) is 13.1. The molecule has 1 saturated carbocycles. The first-order valence-corrected chi connectivity index (χ1v) is 13.8. The third kappa shape index (κ3) is 10.5. The van der Waals surface area contributed by atoms with Gasteiger partial charge in [-0.05, 0) is 43.5 Å². The highest BCUT2D eigenvalue weighted by Crippen LogP contribution is 2.38. The number of esters is 1. The van der Waals surface area contributed by atoms with Crippen molar-refractivity contribution in [1.82, 2.24) is 0 Å². The Labute approximate surface area is 213 Å². The summed E-state index contributed by atoms with van der Waals surface area (Å²) < 4.78 is 23.6. The van der Waals surface area contributed by atoms with E-state index >= 15 is 0 Å². The molecule has 1 aromatic rings. The van der Waals surface area contributed by atoms with E-state index in [1.165, 1.54) is 43.1 Å². The summed E-state index contributed by atoms with van der Waals surface area (Å²) in [6.45, 7) is 2.17. The number of unbranched alkanes of at least 4 members (excludes halogenated alkanes) is 5. The third-order valence-electron chi connectivity index (χ3n) is 6.58. The Bertz CT molecular complexity index is 773. The molecule has 1 aliphatic rings. The number of hydrogen-bond donors (Lipinski definition) is 2. The van der Waals surface area contributed by atoms with Crippen molar-refractivity contribution in [3.63, 3.8) is 0 Å². The number of Topliss-reactive ketones (excluding diaryl/α,β-unsaturated/α-hetero) is 1. The van der Waals surface area contributed by atoms with Crippen molar-refractivity contribution >= 4 is 23.5 Å². The molecule has 0 radical (unpaired) electrons. The molecule has 1 aliphatic carbocycles. The molecule has 0 aromatic heterocycles. The van der Waals surface area contributed by atoms with Crippen LogP contribution in [0, 0.1) is 11.7 Å². The number of thioether (sulfide) groups is 1. The molecule has 0 spiro atoms. The molecule has 4 atom stereocenters. The highest BCUT2D eigenvalue weighted by molar-refractivity contribution is 8.00. The van der Waals surface area contributed by atoms with Crippen LogP contribution in [0.5, 0.6) is 5.75 Å². The Morgan fingerprint density at radius 2 is 1.86 bits per heavy atom. The number of aliphatic hydroxyl groups excluding tert-OH is 1. The minimum atomic E-state index is -1.11. The summed E-state index contributed by atoms with van der Waals surface area (Å²) in [5.74, 6) is 0.148. The molecule has 0 amide bonds. The number of aliphatic hydroxyl groups is 2. The lowest BCUT2D eigenvalue weighted by Crippen LogP contribution is -2.40. The molecule has 8 heteroatoms. The molecule has 2 rings (SSSR count). The maximum absolute atomic E-state index is 13.2. The summed E-state index contributed by atoms with van der Waals surface area (Å²) in [6.07, 6.45) is 7.42. The summed E-state index contributed by atoms with van der Waals surface area (Å²) >= 11 is 1.46. The average Bonchev–Trinajstić information content (AvgIpc) is 3.11. The Balaban J connectivity index is 1.89. The van der Waals surface area contributed by atoms with Crippen LogP contribution in [0.3, 0.4) is 0 Å². The van der Waals surface area contributed by atoms with E-state index in [1.807, 2.05) is 0 Å². The SMILES string of the molecule is CCCCCC(O)(COc1ccc(F)cc1)CS[C@H]1C(O)CC(=O)[C@@H]1CCCCCCC(=O)OC. The summed E-state index contributed by atoms with van der Waals surface area (Å²) in [4.78, 5) is 23.8. The second-order valence-electron chi connectivity index (χ2n) is 9.57. The zero-order valence-corrected chi connectivity index (χ0v) is 21.9. The first-order chi connectivity index (χ1) is 16.8. The summed E-state index contributed by atoms with van der Waals surface area (Å²) in [5.41, 5.74) is -1.11. The summed E-state index contributed by atoms with van der Waals surface area (Å²) in [6, 6.07) is 5.71. The van der Waals surface area contributed by atoms with E-state index in [-0.39, 0.29) is 41.8 Å². The van der Waals surface area contributed by atoms with E-state index in [0.29, 0.717) is 30.8 Å². The monoisotopic (exact) mass is 512 g/mol. The van der Waals surface area contributed by atoms with E-state index in [4.69, 9.17) is 4.74 Å². The number of methoxy groups -OCH3 is 1. The Morgan fingerprint density at radius 1 is 1.14 bits per heavy atom. The van der Waals surface area contributed by atoms with Crippen molar-refractivity contribution in [3.8, 4) is 5.75 Å². The van der Waals surface area contributed by atoms with E-state index in [2.05, 4.69) is 11.7 Å². The zero-order valence-electron chi connectivity index (χ0n) is 21.0. The second kappa shape index (κ2) is 15.5. The van der Waals surface area contributed by atoms with Crippen LogP contribution < -0.4 is 4.74 Å². The first-order valence-electron chi connectivity index (χ1n) is 12.8. The van der Waals surface area contributed by atoms with Gasteiger partial charge >= 0.3 is 5.97 Å². The van der Waals surface area contributed by atoms with Crippen molar-refractivity contribution in [2.75, 3.05) is 19.5 Å². The molecule has 2 N–H and O–H groups in total. The third-order valence-corrected chi connectivity index (χ3v) is 8.32. The quantitative estimate of drug-likeness (QED) is 0.222.